The second kappa shape index (κ2) is 10.1. The highest BCUT2D eigenvalue weighted by atomic mass is 16.3. The summed E-state index contributed by atoms with van der Waals surface area (Å²) in [7, 11) is 0. The lowest BCUT2D eigenvalue weighted by molar-refractivity contribution is 0.102. The molecule has 0 aliphatic carbocycles. The fraction of sp³-hybridized carbons (Fsp3) is 0.0741. The van der Waals surface area contributed by atoms with Crippen LogP contribution in [0.15, 0.2) is 100 Å². The third kappa shape index (κ3) is 5.20. The molecule has 0 atom stereocenters. The number of carbonyl (C=O) groups is 2. The van der Waals surface area contributed by atoms with Crippen LogP contribution in [0.1, 0.15) is 21.9 Å². The molecule has 0 fully saturated rings. The fourth-order valence-electron chi connectivity index (χ4n) is 3.59. The van der Waals surface area contributed by atoms with Crippen molar-refractivity contribution in [2.45, 2.75) is 13.5 Å². The van der Waals surface area contributed by atoms with Crippen LogP contribution in [0.2, 0.25) is 0 Å². The second-order valence-corrected chi connectivity index (χ2v) is 8.00. The maximum absolute atomic E-state index is 13.2. The average molecular weight is 482 g/mol. The first kappa shape index (κ1) is 22.7. The molecule has 0 saturated carbocycles. The summed E-state index contributed by atoms with van der Waals surface area (Å²) in [4.78, 5) is 25.3. The molecular formula is C27H23N5O4. The predicted molar refractivity (Wildman–Crippen MR) is 135 cm³/mol. The van der Waals surface area contributed by atoms with Crippen LogP contribution in [0.25, 0.3) is 17.1 Å². The van der Waals surface area contributed by atoms with Crippen molar-refractivity contribution in [2.24, 2.45) is 0 Å². The number of nitrogens with one attached hydrogen (secondary N) is 3. The van der Waals surface area contributed by atoms with Crippen molar-refractivity contribution in [1.82, 2.24) is 15.1 Å². The van der Waals surface area contributed by atoms with E-state index in [1.807, 2.05) is 43.3 Å². The summed E-state index contributed by atoms with van der Waals surface area (Å²) >= 11 is 0. The summed E-state index contributed by atoms with van der Waals surface area (Å²) < 4.78 is 12.6. The molecule has 3 heterocycles. The van der Waals surface area contributed by atoms with Gasteiger partial charge in [-0.2, -0.15) is 5.10 Å². The van der Waals surface area contributed by atoms with Gasteiger partial charge in [-0.25, -0.2) is 9.48 Å². The first-order valence-corrected chi connectivity index (χ1v) is 11.3. The minimum atomic E-state index is -0.366. The van der Waals surface area contributed by atoms with Crippen LogP contribution in [-0.4, -0.2) is 21.7 Å². The molecule has 5 aromatic rings. The van der Waals surface area contributed by atoms with E-state index in [0.29, 0.717) is 34.2 Å². The quantitative estimate of drug-likeness (QED) is 0.280. The summed E-state index contributed by atoms with van der Waals surface area (Å²) in [5.41, 5.74) is 2.77. The number of hydrogen-bond acceptors (Lipinski definition) is 5. The number of urea groups is 1. The van der Waals surface area contributed by atoms with Gasteiger partial charge in [-0.1, -0.05) is 18.2 Å². The molecule has 0 unspecified atom stereocenters. The Morgan fingerprint density at radius 3 is 2.31 bits per heavy atom. The van der Waals surface area contributed by atoms with E-state index in [4.69, 9.17) is 8.83 Å². The number of amides is 3. The molecule has 0 spiro atoms. The van der Waals surface area contributed by atoms with Gasteiger partial charge >= 0.3 is 6.03 Å². The second-order valence-electron chi connectivity index (χ2n) is 8.00. The van der Waals surface area contributed by atoms with Crippen molar-refractivity contribution in [3.8, 4) is 17.1 Å². The molecule has 3 amide bonds. The zero-order valence-corrected chi connectivity index (χ0v) is 19.4. The SMILES string of the molecule is Cc1ccc(-c2nn(-c3ccccc3)cc2C(=O)Nc2ccc(NC(=O)NCc3ccco3)cc2)o1. The molecule has 0 bridgehead atoms. The maximum atomic E-state index is 13.2. The molecule has 180 valence electrons. The summed E-state index contributed by atoms with van der Waals surface area (Å²) in [6.45, 7) is 2.12. The van der Waals surface area contributed by atoms with Gasteiger partial charge in [-0.15, -0.1) is 0 Å². The number of carbonyl (C=O) groups excluding carboxylic acids is 2. The molecule has 3 aromatic heterocycles. The van der Waals surface area contributed by atoms with E-state index < -0.39 is 0 Å². The Morgan fingerprint density at radius 1 is 0.889 bits per heavy atom. The lowest BCUT2D eigenvalue weighted by atomic mass is 10.2. The Morgan fingerprint density at radius 2 is 1.64 bits per heavy atom. The number of benzene rings is 2. The molecule has 0 aliphatic rings. The normalized spacial score (nSPS) is 10.7. The zero-order chi connectivity index (χ0) is 24.9. The fourth-order valence-corrected chi connectivity index (χ4v) is 3.59. The summed E-state index contributed by atoms with van der Waals surface area (Å²) in [5.74, 6) is 1.55. The number of para-hydroxylation sites is 1. The van der Waals surface area contributed by atoms with Crippen molar-refractivity contribution in [3.05, 3.63) is 108 Å². The lowest BCUT2D eigenvalue weighted by Gasteiger charge is -2.08. The first-order valence-electron chi connectivity index (χ1n) is 11.3. The zero-order valence-electron chi connectivity index (χ0n) is 19.4. The van der Waals surface area contributed by atoms with E-state index in [-0.39, 0.29) is 18.5 Å². The maximum Gasteiger partial charge on any atom is 0.319 e. The Bertz CT molecular complexity index is 1470. The smallest absolute Gasteiger partial charge is 0.319 e. The standard InChI is InChI=1S/C27H23N5O4/c1-18-9-14-24(36-18)25-23(17-32(31-25)21-6-3-2-4-7-21)26(33)29-19-10-12-20(13-11-19)30-27(34)28-16-22-8-5-15-35-22/h2-15,17H,16H2,1H3,(H,29,33)(H2,28,30,34). The van der Waals surface area contributed by atoms with Crippen molar-refractivity contribution < 1.29 is 18.4 Å². The highest BCUT2D eigenvalue weighted by Crippen LogP contribution is 2.27. The number of hydrogen-bond donors (Lipinski definition) is 3. The monoisotopic (exact) mass is 481 g/mol. The van der Waals surface area contributed by atoms with Crippen LogP contribution in [0, 0.1) is 6.92 Å². The van der Waals surface area contributed by atoms with Gasteiger partial charge in [-0.3, -0.25) is 4.79 Å². The molecule has 9 nitrogen and oxygen atoms in total. The van der Waals surface area contributed by atoms with Gasteiger partial charge in [0.25, 0.3) is 5.91 Å². The number of rotatable bonds is 7. The van der Waals surface area contributed by atoms with E-state index in [1.165, 1.54) is 0 Å². The Labute approximate surface area is 206 Å². The van der Waals surface area contributed by atoms with Gasteiger partial charge in [-0.05, 0) is 67.6 Å². The van der Waals surface area contributed by atoms with Gasteiger partial charge in [0, 0.05) is 17.6 Å². The molecule has 2 aromatic carbocycles. The van der Waals surface area contributed by atoms with Crippen LogP contribution < -0.4 is 16.0 Å². The molecule has 0 aliphatic heterocycles. The number of anilines is 2. The molecule has 0 radical (unpaired) electrons. The number of furan rings is 2. The summed E-state index contributed by atoms with van der Waals surface area (Å²) in [6.07, 6.45) is 3.23. The summed E-state index contributed by atoms with van der Waals surface area (Å²) in [6, 6.07) is 23.1. The molecule has 9 heteroatoms. The predicted octanol–water partition coefficient (Wildman–Crippen LogP) is 5.61. The van der Waals surface area contributed by atoms with Crippen molar-refractivity contribution in [3.63, 3.8) is 0 Å². The Hall–Kier alpha value is -5.05. The first-order chi connectivity index (χ1) is 17.5. The number of aromatic nitrogens is 2. The summed E-state index contributed by atoms with van der Waals surface area (Å²) in [5, 5.41) is 13.0. The van der Waals surface area contributed by atoms with Crippen LogP contribution >= 0.6 is 0 Å². The van der Waals surface area contributed by atoms with Gasteiger partial charge in [0.15, 0.2) is 5.76 Å². The molecule has 3 N–H and O–H groups in total. The van der Waals surface area contributed by atoms with Crippen LogP contribution in [-0.2, 0) is 6.54 Å². The average Bonchev–Trinajstić information content (AvgIpc) is 3.65. The van der Waals surface area contributed by atoms with Crippen molar-refractivity contribution in [2.75, 3.05) is 10.6 Å². The molecule has 0 saturated heterocycles. The molecular weight excluding hydrogens is 458 g/mol. The van der Waals surface area contributed by atoms with Crippen molar-refractivity contribution >= 4 is 23.3 Å². The molecule has 5 rings (SSSR count). The minimum Gasteiger partial charge on any atom is -0.467 e. The van der Waals surface area contributed by atoms with Gasteiger partial charge in [0.2, 0.25) is 0 Å². The Balaban J connectivity index is 1.29. The van der Waals surface area contributed by atoms with E-state index in [9.17, 15) is 9.59 Å². The number of nitrogens with zero attached hydrogens (tertiary/aromatic N) is 2. The van der Waals surface area contributed by atoms with Crippen LogP contribution in [0.3, 0.4) is 0 Å². The van der Waals surface area contributed by atoms with Gasteiger partial charge in [0.05, 0.1) is 24.1 Å². The van der Waals surface area contributed by atoms with E-state index in [1.54, 1.807) is 59.6 Å². The van der Waals surface area contributed by atoms with E-state index >= 15 is 0 Å². The number of aryl methyl sites for hydroxylation is 1. The van der Waals surface area contributed by atoms with Crippen LogP contribution in [0.5, 0.6) is 0 Å². The third-order valence-electron chi connectivity index (χ3n) is 5.36. The molecule has 36 heavy (non-hydrogen) atoms. The van der Waals surface area contributed by atoms with Crippen LogP contribution in [0.4, 0.5) is 16.2 Å². The highest BCUT2D eigenvalue weighted by Gasteiger charge is 2.21. The Kier molecular flexibility index (Phi) is 6.35. The van der Waals surface area contributed by atoms with Crippen molar-refractivity contribution in [1.29, 1.82) is 0 Å². The largest absolute Gasteiger partial charge is 0.467 e. The highest BCUT2D eigenvalue weighted by molar-refractivity contribution is 6.08. The minimum absolute atomic E-state index is 0.279. The van der Waals surface area contributed by atoms with Gasteiger partial charge < -0.3 is 24.8 Å². The third-order valence-corrected chi connectivity index (χ3v) is 5.36. The van der Waals surface area contributed by atoms with E-state index in [0.717, 1.165) is 11.4 Å². The topological polar surface area (TPSA) is 114 Å². The van der Waals surface area contributed by atoms with E-state index in [2.05, 4.69) is 21.0 Å². The van der Waals surface area contributed by atoms with Gasteiger partial charge in [0.1, 0.15) is 17.2 Å². The lowest BCUT2D eigenvalue weighted by Crippen LogP contribution is -2.27.